The Morgan fingerprint density at radius 3 is 2.29 bits per heavy atom. The summed E-state index contributed by atoms with van der Waals surface area (Å²) in [7, 11) is -2.63. The third-order valence-corrected chi connectivity index (χ3v) is 7.68. The molecule has 0 aliphatic heterocycles. The molecule has 0 saturated carbocycles. The van der Waals surface area contributed by atoms with Crippen molar-refractivity contribution in [3.63, 3.8) is 0 Å². The third-order valence-electron chi connectivity index (χ3n) is 4.43. The van der Waals surface area contributed by atoms with Crippen LogP contribution in [0.3, 0.4) is 0 Å². The Bertz CT molecular complexity index is 1160. The van der Waals surface area contributed by atoms with Crippen molar-refractivity contribution in [3.05, 3.63) is 53.1 Å². The molecular weight excluding hydrogens is 464 g/mol. The molecule has 0 heterocycles. The number of hydrogen-bond acceptors (Lipinski definition) is 6. The fourth-order valence-corrected chi connectivity index (χ4v) is 4.42. The molecule has 0 saturated heterocycles. The molecule has 0 spiro atoms. The maximum Gasteiger partial charge on any atom is 0.255 e. The molecule has 0 radical (unpaired) electrons. The summed E-state index contributed by atoms with van der Waals surface area (Å²) in [6.07, 6.45) is 1.59. The van der Waals surface area contributed by atoms with E-state index in [1.807, 2.05) is 0 Å². The highest BCUT2D eigenvalue weighted by Crippen LogP contribution is 2.23. The summed E-state index contributed by atoms with van der Waals surface area (Å²) < 4.78 is 54.5. The summed E-state index contributed by atoms with van der Waals surface area (Å²) in [5.74, 6) is 0.00132. The number of ether oxygens (including phenoxy) is 1. The van der Waals surface area contributed by atoms with Crippen molar-refractivity contribution in [2.24, 2.45) is 0 Å². The van der Waals surface area contributed by atoms with E-state index >= 15 is 0 Å². The maximum absolute atomic E-state index is 12.8. The van der Waals surface area contributed by atoms with Crippen molar-refractivity contribution >= 4 is 37.4 Å². The van der Waals surface area contributed by atoms with Gasteiger partial charge in [-0.1, -0.05) is 17.7 Å². The van der Waals surface area contributed by atoms with Crippen LogP contribution in [0.1, 0.15) is 16.8 Å². The fourth-order valence-electron chi connectivity index (χ4n) is 2.63. The quantitative estimate of drug-likeness (QED) is 0.503. The molecule has 31 heavy (non-hydrogen) atoms. The SMILES string of the molecule is CN(CCCOc1cccc(S(C)(=O)=O)c1)C(=O)c1cc(S(=O)(=O)N(C)C)ccc1Cl. The minimum absolute atomic E-state index is 0.0206. The van der Waals surface area contributed by atoms with Gasteiger partial charge in [-0.05, 0) is 42.8 Å². The summed E-state index contributed by atoms with van der Waals surface area (Å²) in [5.41, 5.74) is 0.0915. The molecule has 0 aliphatic carbocycles. The molecule has 11 heteroatoms. The number of carbonyl (C=O) groups is 1. The van der Waals surface area contributed by atoms with Gasteiger partial charge in [0.15, 0.2) is 9.84 Å². The zero-order valence-electron chi connectivity index (χ0n) is 17.7. The van der Waals surface area contributed by atoms with E-state index in [2.05, 4.69) is 0 Å². The smallest absolute Gasteiger partial charge is 0.255 e. The van der Waals surface area contributed by atoms with Gasteiger partial charge >= 0.3 is 0 Å². The first-order valence-electron chi connectivity index (χ1n) is 9.24. The first-order chi connectivity index (χ1) is 14.3. The van der Waals surface area contributed by atoms with Crippen LogP contribution in [0.5, 0.6) is 5.75 Å². The van der Waals surface area contributed by atoms with Crippen LogP contribution in [0.15, 0.2) is 52.3 Å². The van der Waals surface area contributed by atoms with Gasteiger partial charge in [-0.3, -0.25) is 4.79 Å². The second-order valence-corrected chi connectivity index (χ2v) is 11.7. The predicted octanol–water partition coefficient (Wildman–Crippen LogP) is 2.53. The number of sulfone groups is 1. The van der Waals surface area contributed by atoms with Crippen molar-refractivity contribution < 1.29 is 26.4 Å². The van der Waals surface area contributed by atoms with Crippen LogP contribution in [-0.2, 0) is 19.9 Å². The lowest BCUT2D eigenvalue weighted by atomic mass is 10.2. The van der Waals surface area contributed by atoms with Gasteiger partial charge in [-0.2, -0.15) is 0 Å². The minimum Gasteiger partial charge on any atom is -0.493 e. The molecule has 0 aliphatic rings. The van der Waals surface area contributed by atoms with Gasteiger partial charge in [0, 0.05) is 33.9 Å². The third kappa shape index (κ3) is 6.42. The van der Waals surface area contributed by atoms with Gasteiger partial charge in [0.05, 0.1) is 27.0 Å². The van der Waals surface area contributed by atoms with Gasteiger partial charge in [-0.25, -0.2) is 21.1 Å². The van der Waals surface area contributed by atoms with Crippen molar-refractivity contribution in [1.82, 2.24) is 9.21 Å². The molecule has 2 aromatic rings. The monoisotopic (exact) mass is 488 g/mol. The highest BCUT2D eigenvalue weighted by molar-refractivity contribution is 7.90. The molecule has 0 atom stereocenters. The molecule has 1 amide bonds. The molecule has 2 aromatic carbocycles. The number of amides is 1. The normalized spacial score (nSPS) is 12.1. The largest absolute Gasteiger partial charge is 0.493 e. The average molecular weight is 489 g/mol. The second-order valence-electron chi connectivity index (χ2n) is 7.10. The van der Waals surface area contributed by atoms with Crippen LogP contribution in [0.4, 0.5) is 0 Å². The first-order valence-corrected chi connectivity index (χ1v) is 13.0. The van der Waals surface area contributed by atoms with E-state index in [1.54, 1.807) is 19.2 Å². The van der Waals surface area contributed by atoms with E-state index < -0.39 is 25.8 Å². The lowest BCUT2D eigenvalue weighted by Gasteiger charge is -2.19. The summed E-state index contributed by atoms with van der Waals surface area (Å²) in [5, 5.41) is 0.156. The number of sulfonamides is 1. The number of halogens is 1. The summed E-state index contributed by atoms with van der Waals surface area (Å²) in [6, 6.07) is 10.2. The van der Waals surface area contributed by atoms with E-state index in [1.165, 1.54) is 49.3 Å². The highest BCUT2D eigenvalue weighted by atomic mass is 35.5. The van der Waals surface area contributed by atoms with Gasteiger partial charge in [0.1, 0.15) is 5.75 Å². The van der Waals surface area contributed by atoms with E-state index in [9.17, 15) is 21.6 Å². The lowest BCUT2D eigenvalue weighted by molar-refractivity contribution is 0.0787. The maximum atomic E-state index is 12.8. The highest BCUT2D eigenvalue weighted by Gasteiger charge is 2.22. The van der Waals surface area contributed by atoms with Crippen LogP contribution < -0.4 is 4.74 Å². The van der Waals surface area contributed by atoms with Crippen LogP contribution in [0, 0.1) is 0 Å². The predicted molar refractivity (Wildman–Crippen MR) is 119 cm³/mol. The second kappa shape index (κ2) is 9.99. The average Bonchev–Trinajstić information content (AvgIpc) is 2.70. The van der Waals surface area contributed by atoms with Crippen LogP contribution >= 0.6 is 11.6 Å². The van der Waals surface area contributed by atoms with Crippen molar-refractivity contribution in [2.45, 2.75) is 16.2 Å². The molecule has 0 unspecified atom stereocenters. The minimum atomic E-state index is -3.70. The number of benzene rings is 2. The number of rotatable bonds is 9. The molecule has 0 N–H and O–H groups in total. The van der Waals surface area contributed by atoms with Gasteiger partial charge in [-0.15, -0.1) is 0 Å². The standard InChI is InChI=1S/C20H25ClN2O6S2/c1-22(2)31(27,28)17-9-10-19(21)18(14-17)20(24)23(3)11-6-12-29-15-7-5-8-16(13-15)30(4,25)26/h5,7-10,13-14H,6,11-12H2,1-4H3. The van der Waals surface area contributed by atoms with Gasteiger partial charge < -0.3 is 9.64 Å². The molecular formula is C20H25ClN2O6S2. The van der Waals surface area contributed by atoms with Crippen LogP contribution in [0.2, 0.25) is 5.02 Å². The van der Waals surface area contributed by atoms with E-state index in [0.29, 0.717) is 18.7 Å². The van der Waals surface area contributed by atoms with Crippen LogP contribution in [0.25, 0.3) is 0 Å². The first kappa shape index (κ1) is 25.1. The zero-order valence-corrected chi connectivity index (χ0v) is 20.1. The molecule has 170 valence electrons. The Morgan fingerprint density at radius 1 is 1.00 bits per heavy atom. The van der Waals surface area contributed by atoms with Gasteiger partial charge in [0.25, 0.3) is 5.91 Å². The molecule has 0 aromatic heterocycles. The van der Waals surface area contributed by atoms with Crippen molar-refractivity contribution in [2.75, 3.05) is 40.6 Å². The molecule has 8 nitrogen and oxygen atoms in total. The van der Waals surface area contributed by atoms with Crippen molar-refractivity contribution in [3.8, 4) is 5.75 Å². The van der Waals surface area contributed by atoms with E-state index in [4.69, 9.17) is 16.3 Å². The fraction of sp³-hybridized carbons (Fsp3) is 0.350. The Labute approximate surface area is 188 Å². The molecule has 2 rings (SSSR count). The summed E-state index contributed by atoms with van der Waals surface area (Å²) in [6.45, 7) is 0.583. The molecule has 0 fully saturated rings. The Hall–Kier alpha value is -2.14. The van der Waals surface area contributed by atoms with E-state index in [-0.39, 0.29) is 27.0 Å². The lowest BCUT2D eigenvalue weighted by Crippen LogP contribution is -2.29. The van der Waals surface area contributed by atoms with Crippen LogP contribution in [-0.4, -0.2) is 72.5 Å². The summed E-state index contributed by atoms with van der Waals surface area (Å²) in [4.78, 5) is 14.3. The summed E-state index contributed by atoms with van der Waals surface area (Å²) >= 11 is 6.13. The van der Waals surface area contributed by atoms with Gasteiger partial charge in [0.2, 0.25) is 10.0 Å². The van der Waals surface area contributed by atoms with E-state index in [0.717, 1.165) is 10.6 Å². The van der Waals surface area contributed by atoms with Crippen molar-refractivity contribution in [1.29, 1.82) is 0 Å². The Kier molecular flexibility index (Phi) is 8.09. The molecule has 0 bridgehead atoms. The number of nitrogens with zero attached hydrogens (tertiary/aromatic N) is 2. The number of hydrogen-bond donors (Lipinski definition) is 0. The Morgan fingerprint density at radius 2 is 1.68 bits per heavy atom. The number of carbonyl (C=O) groups excluding carboxylic acids is 1. The zero-order chi connectivity index (χ0) is 23.4. The topological polar surface area (TPSA) is 101 Å². The Balaban J connectivity index is 2.01.